The van der Waals surface area contributed by atoms with Gasteiger partial charge in [-0.15, -0.1) is 5.11 Å². The maximum Gasteiger partial charge on any atom is 0.294 e. The van der Waals surface area contributed by atoms with Crippen LogP contribution >= 0.6 is 0 Å². The fraction of sp³-hybridized carbons (Fsp3) is 0. The molecule has 3 rings (SSSR count). The Hall–Kier alpha value is -2.86. The van der Waals surface area contributed by atoms with Crippen LogP contribution in [-0.4, -0.2) is 31.0 Å². The standard InChI is InChI=1S/C16H12N2O7S2/c19-15-9-13(27(23,24)25)7-10-6-12(26(20,21)22)8-14(16(10)15)18-17-11-4-2-1-3-5-11/h1-9,19H,(H,20,21,22)(H,23,24,25). The zero-order valence-electron chi connectivity index (χ0n) is 13.4. The van der Waals surface area contributed by atoms with Gasteiger partial charge in [-0.25, -0.2) is 0 Å². The Kier molecular flexibility index (Phi) is 4.70. The molecule has 0 aliphatic rings. The molecule has 0 saturated carbocycles. The SMILES string of the molecule is O=S(=O)(O)c1cc(O)c2c(N=Nc3ccccc3)cc(S(=O)(=O)O)cc2c1. The van der Waals surface area contributed by atoms with Crippen molar-refractivity contribution >= 4 is 42.4 Å². The second-order valence-electron chi connectivity index (χ2n) is 5.47. The van der Waals surface area contributed by atoms with Gasteiger partial charge in [-0.1, -0.05) is 18.2 Å². The van der Waals surface area contributed by atoms with E-state index in [1.165, 1.54) is 0 Å². The van der Waals surface area contributed by atoms with Crippen molar-refractivity contribution in [1.29, 1.82) is 0 Å². The molecule has 140 valence electrons. The molecule has 0 radical (unpaired) electrons. The maximum absolute atomic E-state index is 11.5. The lowest BCUT2D eigenvalue weighted by Gasteiger charge is -2.09. The van der Waals surface area contributed by atoms with E-state index in [9.17, 15) is 31.0 Å². The van der Waals surface area contributed by atoms with E-state index in [0.29, 0.717) is 5.69 Å². The Morgan fingerprint density at radius 1 is 0.741 bits per heavy atom. The third-order valence-electron chi connectivity index (χ3n) is 3.58. The van der Waals surface area contributed by atoms with Crippen molar-refractivity contribution in [3.63, 3.8) is 0 Å². The smallest absolute Gasteiger partial charge is 0.294 e. The Balaban J connectivity index is 2.32. The van der Waals surface area contributed by atoms with Crippen LogP contribution in [0.25, 0.3) is 10.8 Å². The summed E-state index contributed by atoms with van der Waals surface area (Å²) in [6.45, 7) is 0. The van der Waals surface area contributed by atoms with E-state index in [0.717, 1.165) is 24.3 Å². The summed E-state index contributed by atoms with van der Waals surface area (Å²) < 4.78 is 64.2. The van der Waals surface area contributed by atoms with Gasteiger partial charge in [-0.05, 0) is 35.7 Å². The molecule has 0 aliphatic heterocycles. The minimum absolute atomic E-state index is 0.00511. The van der Waals surface area contributed by atoms with Crippen molar-refractivity contribution in [2.75, 3.05) is 0 Å². The quantitative estimate of drug-likeness (QED) is 0.441. The maximum atomic E-state index is 11.5. The molecule has 9 nitrogen and oxygen atoms in total. The number of phenols is 1. The van der Waals surface area contributed by atoms with E-state index < -0.39 is 35.8 Å². The van der Waals surface area contributed by atoms with E-state index in [-0.39, 0.29) is 16.5 Å². The van der Waals surface area contributed by atoms with E-state index in [1.807, 2.05) is 0 Å². The first kappa shape index (κ1) is 18.9. The van der Waals surface area contributed by atoms with Crippen LogP contribution in [0, 0.1) is 0 Å². The van der Waals surface area contributed by atoms with Crippen molar-refractivity contribution in [2.45, 2.75) is 9.79 Å². The zero-order valence-corrected chi connectivity index (χ0v) is 15.0. The second kappa shape index (κ2) is 6.70. The lowest BCUT2D eigenvalue weighted by atomic mass is 10.1. The molecule has 0 bridgehead atoms. The highest BCUT2D eigenvalue weighted by Gasteiger charge is 2.19. The van der Waals surface area contributed by atoms with Gasteiger partial charge in [0.05, 0.1) is 26.6 Å². The van der Waals surface area contributed by atoms with Gasteiger partial charge in [0, 0.05) is 6.07 Å². The first-order valence-corrected chi connectivity index (χ1v) is 10.2. The van der Waals surface area contributed by atoms with Crippen molar-refractivity contribution in [2.24, 2.45) is 10.2 Å². The highest BCUT2D eigenvalue weighted by Crippen LogP contribution is 2.38. The molecule has 0 saturated heterocycles. The second-order valence-corrected chi connectivity index (χ2v) is 8.31. The van der Waals surface area contributed by atoms with Crippen molar-refractivity contribution in [1.82, 2.24) is 0 Å². The average Bonchev–Trinajstić information content (AvgIpc) is 2.58. The van der Waals surface area contributed by atoms with E-state index in [2.05, 4.69) is 10.2 Å². The highest BCUT2D eigenvalue weighted by atomic mass is 32.2. The molecule has 3 aromatic carbocycles. The van der Waals surface area contributed by atoms with Crippen LogP contribution in [-0.2, 0) is 20.2 Å². The molecule has 11 heteroatoms. The topological polar surface area (TPSA) is 154 Å². The van der Waals surface area contributed by atoms with Gasteiger partial charge in [0.2, 0.25) is 0 Å². The molecule has 3 aromatic rings. The molecular formula is C16H12N2O7S2. The molecule has 0 spiro atoms. The molecule has 27 heavy (non-hydrogen) atoms. The normalized spacial score (nSPS) is 12.7. The van der Waals surface area contributed by atoms with E-state index in [1.54, 1.807) is 30.3 Å². The van der Waals surface area contributed by atoms with Crippen LogP contribution in [0.3, 0.4) is 0 Å². The number of hydrogen-bond acceptors (Lipinski definition) is 7. The summed E-state index contributed by atoms with van der Waals surface area (Å²) >= 11 is 0. The summed E-state index contributed by atoms with van der Waals surface area (Å²) in [5.74, 6) is -0.566. The molecule has 0 unspecified atom stereocenters. The number of phenolic OH excluding ortho intramolecular Hbond substituents is 1. The fourth-order valence-electron chi connectivity index (χ4n) is 2.40. The van der Waals surface area contributed by atoms with Gasteiger partial charge in [-0.2, -0.15) is 21.9 Å². The molecule has 0 atom stereocenters. The lowest BCUT2D eigenvalue weighted by molar-refractivity contribution is 0.471. The first-order chi connectivity index (χ1) is 12.6. The van der Waals surface area contributed by atoms with Gasteiger partial charge in [-0.3, -0.25) is 9.11 Å². The summed E-state index contributed by atoms with van der Waals surface area (Å²) in [7, 11) is -9.32. The largest absolute Gasteiger partial charge is 0.507 e. The fourth-order valence-corrected chi connectivity index (χ4v) is 3.47. The summed E-state index contributed by atoms with van der Waals surface area (Å²) in [5, 5.41) is 18.0. The Labute approximate surface area is 154 Å². The van der Waals surface area contributed by atoms with E-state index >= 15 is 0 Å². The predicted octanol–water partition coefficient (Wildman–Crippen LogP) is 3.45. The third-order valence-corrected chi connectivity index (χ3v) is 5.24. The molecule has 0 aliphatic carbocycles. The molecular weight excluding hydrogens is 396 g/mol. The Bertz CT molecular complexity index is 1260. The average molecular weight is 408 g/mol. The molecule has 0 aromatic heterocycles. The Morgan fingerprint density at radius 2 is 1.30 bits per heavy atom. The summed E-state index contributed by atoms with van der Waals surface area (Å²) in [6.07, 6.45) is 0. The lowest BCUT2D eigenvalue weighted by Crippen LogP contribution is -2.00. The van der Waals surface area contributed by atoms with Gasteiger partial charge in [0.1, 0.15) is 5.75 Å². The van der Waals surface area contributed by atoms with Crippen LogP contribution in [0.1, 0.15) is 0 Å². The molecule has 0 fully saturated rings. The van der Waals surface area contributed by atoms with Gasteiger partial charge in [0.25, 0.3) is 20.2 Å². The monoisotopic (exact) mass is 408 g/mol. The number of hydrogen-bond donors (Lipinski definition) is 3. The van der Waals surface area contributed by atoms with Crippen LogP contribution in [0.15, 0.2) is 74.6 Å². The summed E-state index contributed by atoms with van der Waals surface area (Å²) in [6, 6.07) is 12.1. The summed E-state index contributed by atoms with van der Waals surface area (Å²) in [5.41, 5.74) is 0.320. The van der Waals surface area contributed by atoms with Crippen molar-refractivity contribution in [3.05, 3.63) is 54.6 Å². The van der Waals surface area contributed by atoms with Crippen LogP contribution in [0.2, 0.25) is 0 Å². The zero-order chi connectivity index (χ0) is 19.8. The number of rotatable bonds is 4. The van der Waals surface area contributed by atoms with Crippen molar-refractivity contribution in [3.8, 4) is 5.75 Å². The van der Waals surface area contributed by atoms with Gasteiger partial charge < -0.3 is 5.11 Å². The molecule has 3 N–H and O–H groups in total. The number of aromatic hydroxyl groups is 1. The van der Waals surface area contributed by atoms with Crippen LogP contribution < -0.4 is 0 Å². The molecule has 0 amide bonds. The van der Waals surface area contributed by atoms with E-state index in [4.69, 9.17) is 0 Å². The number of fused-ring (bicyclic) bond motifs is 1. The number of benzene rings is 3. The first-order valence-electron chi connectivity index (χ1n) is 7.28. The number of nitrogens with zero attached hydrogens (tertiary/aromatic N) is 2. The van der Waals surface area contributed by atoms with Crippen LogP contribution in [0.5, 0.6) is 5.75 Å². The van der Waals surface area contributed by atoms with Crippen molar-refractivity contribution < 1.29 is 31.0 Å². The third kappa shape index (κ3) is 4.11. The van der Waals surface area contributed by atoms with Gasteiger partial charge >= 0.3 is 0 Å². The number of azo groups is 1. The minimum atomic E-state index is -4.66. The predicted molar refractivity (Wildman–Crippen MR) is 95.9 cm³/mol. The van der Waals surface area contributed by atoms with Gasteiger partial charge in [0.15, 0.2) is 0 Å². The molecule has 0 heterocycles. The Morgan fingerprint density at radius 3 is 1.85 bits per heavy atom. The minimum Gasteiger partial charge on any atom is -0.507 e. The highest BCUT2D eigenvalue weighted by molar-refractivity contribution is 7.86. The summed E-state index contributed by atoms with van der Waals surface area (Å²) in [4.78, 5) is -1.23. The van der Waals surface area contributed by atoms with Crippen LogP contribution in [0.4, 0.5) is 11.4 Å².